The van der Waals surface area contributed by atoms with Crippen molar-refractivity contribution in [3.05, 3.63) is 53.6 Å². The summed E-state index contributed by atoms with van der Waals surface area (Å²) < 4.78 is 15.7. The number of rotatable bonds is 7. The van der Waals surface area contributed by atoms with Gasteiger partial charge in [-0.15, -0.1) is 0 Å². The van der Waals surface area contributed by atoms with Crippen molar-refractivity contribution in [3.8, 4) is 23.3 Å². The molecule has 0 bridgehead atoms. The first kappa shape index (κ1) is 20.5. The zero-order chi connectivity index (χ0) is 20.5. The van der Waals surface area contributed by atoms with E-state index in [1.165, 1.54) is 20.1 Å². The van der Waals surface area contributed by atoms with E-state index in [0.717, 1.165) is 0 Å². The fraction of sp³-hybridized carbons (Fsp3) is 0.190. The molecule has 0 heterocycles. The number of anilines is 1. The van der Waals surface area contributed by atoms with E-state index in [1.54, 1.807) is 49.4 Å². The van der Waals surface area contributed by atoms with E-state index < -0.39 is 11.9 Å². The molecule has 0 unspecified atom stereocenters. The molecular weight excluding hydrogens is 360 g/mol. The lowest BCUT2D eigenvalue weighted by Crippen LogP contribution is -2.13. The van der Waals surface area contributed by atoms with Crippen molar-refractivity contribution in [1.29, 1.82) is 5.26 Å². The third-order valence-corrected chi connectivity index (χ3v) is 3.52. The van der Waals surface area contributed by atoms with Crippen LogP contribution in [0.15, 0.2) is 48.0 Å². The molecule has 7 heteroatoms. The number of methoxy groups -OCH3 is 1. The molecule has 0 radical (unpaired) electrons. The van der Waals surface area contributed by atoms with Crippen LogP contribution in [0.4, 0.5) is 5.69 Å². The number of hydrogen-bond donors (Lipinski definition) is 1. The van der Waals surface area contributed by atoms with Crippen LogP contribution in [0.25, 0.3) is 6.08 Å². The van der Waals surface area contributed by atoms with E-state index in [1.807, 2.05) is 6.07 Å². The summed E-state index contributed by atoms with van der Waals surface area (Å²) in [5, 5.41) is 12.0. The molecule has 2 aromatic rings. The van der Waals surface area contributed by atoms with Gasteiger partial charge in [0, 0.05) is 18.7 Å². The maximum Gasteiger partial charge on any atom is 0.308 e. The molecule has 0 spiro atoms. The quantitative estimate of drug-likeness (QED) is 0.341. The summed E-state index contributed by atoms with van der Waals surface area (Å²) in [6, 6.07) is 13.5. The molecule has 1 amide bonds. The minimum absolute atomic E-state index is 0.0921. The second-order valence-corrected chi connectivity index (χ2v) is 5.59. The topological polar surface area (TPSA) is 97.7 Å². The largest absolute Gasteiger partial charge is 0.497 e. The van der Waals surface area contributed by atoms with Gasteiger partial charge in [-0.1, -0.05) is 12.1 Å². The lowest BCUT2D eigenvalue weighted by molar-refractivity contribution is -0.132. The Morgan fingerprint density at radius 3 is 2.61 bits per heavy atom. The van der Waals surface area contributed by atoms with Gasteiger partial charge in [-0.2, -0.15) is 5.26 Å². The van der Waals surface area contributed by atoms with Gasteiger partial charge in [-0.05, 0) is 42.8 Å². The Labute approximate surface area is 163 Å². The minimum atomic E-state index is -0.558. The molecule has 0 saturated heterocycles. The maximum absolute atomic E-state index is 12.4. The third kappa shape index (κ3) is 5.61. The van der Waals surface area contributed by atoms with Gasteiger partial charge in [0.2, 0.25) is 0 Å². The van der Waals surface area contributed by atoms with Crippen LogP contribution in [0.5, 0.6) is 17.2 Å². The number of nitrogens with zero attached hydrogens (tertiary/aromatic N) is 1. The van der Waals surface area contributed by atoms with Gasteiger partial charge in [0.05, 0.1) is 13.7 Å². The second kappa shape index (κ2) is 9.78. The number of nitrogens with one attached hydrogen (secondary N) is 1. The number of hydrogen-bond acceptors (Lipinski definition) is 6. The lowest BCUT2D eigenvalue weighted by atomic mass is 10.1. The van der Waals surface area contributed by atoms with Crippen LogP contribution in [-0.2, 0) is 9.59 Å². The number of ether oxygens (including phenoxy) is 3. The zero-order valence-electron chi connectivity index (χ0n) is 15.8. The normalized spacial score (nSPS) is 10.6. The van der Waals surface area contributed by atoms with Crippen LogP contribution < -0.4 is 19.5 Å². The van der Waals surface area contributed by atoms with Gasteiger partial charge in [0.25, 0.3) is 5.91 Å². The zero-order valence-corrected chi connectivity index (χ0v) is 15.8. The van der Waals surface area contributed by atoms with Gasteiger partial charge in [0.1, 0.15) is 17.4 Å². The standard InChI is InChI=1S/C21H20N2O5/c1-4-27-20-11-15(8-9-19(20)28-14(2)24)10-16(13-22)21(25)23-17-6-5-7-18(12-17)26-3/h5-12H,4H2,1-3H3,(H,23,25)/b16-10+. The average molecular weight is 380 g/mol. The first-order valence-corrected chi connectivity index (χ1v) is 8.49. The number of nitriles is 1. The monoisotopic (exact) mass is 380 g/mol. The fourth-order valence-electron chi connectivity index (χ4n) is 2.34. The first-order valence-electron chi connectivity index (χ1n) is 8.49. The van der Waals surface area contributed by atoms with Gasteiger partial charge in [-0.25, -0.2) is 0 Å². The van der Waals surface area contributed by atoms with E-state index in [4.69, 9.17) is 14.2 Å². The first-order chi connectivity index (χ1) is 13.5. The molecule has 144 valence electrons. The minimum Gasteiger partial charge on any atom is -0.497 e. The van der Waals surface area contributed by atoms with Crippen molar-refractivity contribution in [1.82, 2.24) is 0 Å². The molecule has 0 aliphatic heterocycles. The predicted molar refractivity (Wildman–Crippen MR) is 104 cm³/mol. The molecule has 0 aromatic heterocycles. The number of carbonyl (C=O) groups is 2. The molecule has 0 atom stereocenters. The van der Waals surface area contributed by atoms with Crippen molar-refractivity contribution >= 4 is 23.6 Å². The van der Waals surface area contributed by atoms with Crippen LogP contribution in [0.2, 0.25) is 0 Å². The van der Waals surface area contributed by atoms with E-state index in [9.17, 15) is 14.9 Å². The summed E-state index contributed by atoms with van der Waals surface area (Å²) in [5.41, 5.74) is 0.966. The molecular formula is C21H20N2O5. The Kier molecular flexibility index (Phi) is 7.17. The Morgan fingerprint density at radius 2 is 1.96 bits per heavy atom. The van der Waals surface area contributed by atoms with Crippen molar-refractivity contribution in [2.45, 2.75) is 13.8 Å². The van der Waals surface area contributed by atoms with Crippen LogP contribution >= 0.6 is 0 Å². The molecule has 28 heavy (non-hydrogen) atoms. The van der Waals surface area contributed by atoms with E-state index >= 15 is 0 Å². The smallest absolute Gasteiger partial charge is 0.308 e. The molecule has 2 aromatic carbocycles. The van der Waals surface area contributed by atoms with E-state index in [2.05, 4.69) is 5.32 Å². The lowest BCUT2D eigenvalue weighted by Gasteiger charge is -2.10. The van der Waals surface area contributed by atoms with Crippen molar-refractivity contribution in [2.75, 3.05) is 19.0 Å². The van der Waals surface area contributed by atoms with Crippen molar-refractivity contribution in [3.63, 3.8) is 0 Å². The second-order valence-electron chi connectivity index (χ2n) is 5.59. The highest BCUT2D eigenvalue weighted by molar-refractivity contribution is 6.09. The van der Waals surface area contributed by atoms with Crippen LogP contribution in [-0.4, -0.2) is 25.6 Å². The Bertz CT molecular complexity index is 944. The van der Waals surface area contributed by atoms with Crippen LogP contribution in [0.1, 0.15) is 19.4 Å². The molecule has 1 N–H and O–H groups in total. The van der Waals surface area contributed by atoms with Crippen molar-refractivity contribution < 1.29 is 23.8 Å². The highest BCUT2D eigenvalue weighted by atomic mass is 16.6. The maximum atomic E-state index is 12.4. The number of carbonyl (C=O) groups excluding carboxylic acids is 2. The highest BCUT2D eigenvalue weighted by Crippen LogP contribution is 2.29. The summed E-state index contributed by atoms with van der Waals surface area (Å²) in [6.07, 6.45) is 1.43. The Hall–Kier alpha value is -3.79. The molecule has 0 fully saturated rings. The summed E-state index contributed by atoms with van der Waals surface area (Å²) in [5.74, 6) is 0.169. The third-order valence-electron chi connectivity index (χ3n) is 3.52. The van der Waals surface area contributed by atoms with Crippen molar-refractivity contribution in [2.24, 2.45) is 0 Å². The van der Waals surface area contributed by atoms with Crippen LogP contribution in [0, 0.1) is 11.3 Å². The van der Waals surface area contributed by atoms with E-state index in [-0.39, 0.29) is 11.3 Å². The molecule has 0 saturated carbocycles. The summed E-state index contributed by atoms with van der Waals surface area (Å²) in [7, 11) is 1.52. The van der Waals surface area contributed by atoms with Gasteiger partial charge in [-0.3, -0.25) is 9.59 Å². The number of esters is 1. The summed E-state index contributed by atoms with van der Waals surface area (Å²) in [6.45, 7) is 3.45. The van der Waals surface area contributed by atoms with Gasteiger partial charge < -0.3 is 19.5 Å². The summed E-state index contributed by atoms with van der Waals surface area (Å²) >= 11 is 0. The average Bonchev–Trinajstić information content (AvgIpc) is 2.67. The molecule has 0 aliphatic rings. The van der Waals surface area contributed by atoms with Gasteiger partial charge >= 0.3 is 5.97 Å². The molecule has 7 nitrogen and oxygen atoms in total. The number of benzene rings is 2. The van der Waals surface area contributed by atoms with Gasteiger partial charge in [0.15, 0.2) is 11.5 Å². The van der Waals surface area contributed by atoms with E-state index in [0.29, 0.717) is 29.4 Å². The fourth-order valence-corrected chi connectivity index (χ4v) is 2.34. The summed E-state index contributed by atoms with van der Waals surface area (Å²) in [4.78, 5) is 23.6. The highest BCUT2D eigenvalue weighted by Gasteiger charge is 2.12. The molecule has 0 aliphatic carbocycles. The Balaban J connectivity index is 2.27. The predicted octanol–water partition coefficient (Wildman–Crippen LogP) is 3.56. The SMILES string of the molecule is CCOc1cc(/C=C(\C#N)C(=O)Nc2cccc(OC)c2)ccc1OC(C)=O. The number of amides is 1. The Morgan fingerprint density at radius 1 is 1.18 bits per heavy atom. The molecule has 2 rings (SSSR count). The van der Waals surface area contributed by atoms with Crippen LogP contribution in [0.3, 0.4) is 0 Å².